The van der Waals surface area contributed by atoms with Crippen molar-refractivity contribution >= 4 is 17.9 Å². The van der Waals surface area contributed by atoms with E-state index in [4.69, 9.17) is 18.9 Å². The Bertz CT molecular complexity index is 1170. The van der Waals surface area contributed by atoms with Crippen molar-refractivity contribution in [2.24, 2.45) is 0 Å². The zero-order valence-electron chi connectivity index (χ0n) is 39.1. The van der Waals surface area contributed by atoms with E-state index in [1.165, 1.54) is 77.0 Å². The zero-order valence-corrected chi connectivity index (χ0v) is 39.1. The maximum atomic E-state index is 12.8. The lowest BCUT2D eigenvalue weighted by molar-refractivity contribution is -0.870. The van der Waals surface area contributed by atoms with E-state index in [1.807, 2.05) is 21.1 Å². The number of carbonyl (C=O) groups excluding carboxylic acids is 3. The molecule has 0 aliphatic rings. The van der Waals surface area contributed by atoms with Gasteiger partial charge in [0.1, 0.15) is 13.2 Å². The highest BCUT2D eigenvalue weighted by Gasteiger charge is 2.21. The smallest absolute Gasteiger partial charge is 0.306 e. The molecule has 0 radical (unpaired) electrons. The van der Waals surface area contributed by atoms with Gasteiger partial charge in [0.05, 0.1) is 40.3 Å². The Morgan fingerprint density at radius 3 is 1.42 bits per heavy atom. The van der Waals surface area contributed by atoms with Crippen molar-refractivity contribution in [2.45, 2.75) is 200 Å². The largest absolute Gasteiger partial charge is 0.545 e. The van der Waals surface area contributed by atoms with Gasteiger partial charge in [-0.1, -0.05) is 177 Å². The van der Waals surface area contributed by atoms with Crippen molar-refractivity contribution in [1.29, 1.82) is 0 Å². The van der Waals surface area contributed by atoms with E-state index < -0.39 is 24.3 Å². The summed E-state index contributed by atoms with van der Waals surface area (Å²) in [7, 11) is 5.90. The number of carboxylic acid groups (broad SMARTS) is 1. The Morgan fingerprint density at radius 1 is 0.517 bits per heavy atom. The first-order chi connectivity index (χ1) is 29.1. The summed E-state index contributed by atoms with van der Waals surface area (Å²) in [5.41, 5.74) is 0. The van der Waals surface area contributed by atoms with E-state index in [1.54, 1.807) is 0 Å². The number of hydrogen-bond acceptors (Lipinski definition) is 8. The number of quaternary nitrogens is 1. The maximum Gasteiger partial charge on any atom is 0.306 e. The minimum absolute atomic E-state index is 0.144. The maximum absolute atomic E-state index is 12.8. The third kappa shape index (κ3) is 43.1. The van der Waals surface area contributed by atoms with Crippen LogP contribution < -0.4 is 5.11 Å². The molecule has 0 spiro atoms. The first-order valence-electron chi connectivity index (χ1n) is 23.9. The fraction of sp³-hybridized carbons (Fsp3) is 0.745. The van der Waals surface area contributed by atoms with Crippen LogP contribution in [0.2, 0.25) is 0 Å². The number of nitrogens with zero attached hydrogens (tertiary/aromatic N) is 1. The van der Waals surface area contributed by atoms with Crippen molar-refractivity contribution in [3.05, 3.63) is 60.8 Å². The number of hydrogen-bond donors (Lipinski definition) is 0. The minimum atomic E-state index is -1.62. The molecule has 60 heavy (non-hydrogen) atoms. The highest BCUT2D eigenvalue weighted by molar-refractivity contribution is 5.70. The summed E-state index contributed by atoms with van der Waals surface area (Å²) >= 11 is 0. The van der Waals surface area contributed by atoms with Crippen LogP contribution in [0.25, 0.3) is 0 Å². The Labute approximate surface area is 367 Å². The summed E-state index contributed by atoms with van der Waals surface area (Å²) < 4.78 is 22.6. The Balaban J connectivity index is 4.38. The molecule has 0 amide bonds. The number of likely N-dealkylation sites (N-methyl/N-ethyl adjacent to an activating group) is 1. The van der Waals surface area contributed by atoms with E-state index in [-0.39, 0.29) is 38.6 Å². The van der Waals surface area contributed by atoms with Gasteiger partial charge in [0.15, 0.2) is 12.4 Å². The van der Waals surface area contributed by atoms with Crippen LogP contribution in [-0.2, 0) is 33.3 Å². The van der Waals surface area contributed by atoms with Crippen molar-refractivity contribution < 1.29 is 42.9 Å². The average molecular weight is 844 g/mol. The first kappa shape index (κ1) is 57.0. The van der Waals surface area contributed by atoms with Gasteiger partial charge in [-0.25, -0.2) is 0 Å². The third-order valence-corrected chi connectivity index (χ3v) is 10.0. The molecule has 0 aliphatic carbocycles. The van der Waals surface area contributed by atoms with Crippen LogP contribution in [0.15, 0.2) is 60.8 Å². The molecule has 346 valence electrons. The first-order valence-corrected chi connectivity index (χ1v) is 23.9. The molecule has 0 fully saturated rings. The second kappa shape index (κ2) is 42.7. The number of unbranched alkanes of at least 4 members (excludes halogenated alkanes) is 18. The van der Waals surface area contributed by atoms with Crippen LogP contribution in [0.3, 0.4) is 0 Å². The summed E-state index contributed by atoms with van der Waals surface area (Å²) in [4.78, 5) is 37.0. The van der Waals surface area contributed by atoms with E-state index >= 15 is 0 Å². The van der Waals surface area contributed by atoms with Crippen LogP contribution in [0.5, 0.6) is 0 Å². The molecule has 0 bridgehead atoms. The third-order valence-electron chi connectivity index (χ3n) is 10.0. The number of carboxylic acids is 1. The van der Waals surface area contributed by atoms with Gasteiger partial charge in [-0.05, 0) is 57.8 Å². The SMILES string of the molecule is CC/C=C\C/C=C\C/C=C\C/C=C\C/C=C\CCCCCCCCCC(=O)OC(COC(=O)CCCCCCCCCCCCCC)COC(OCC[N+](C)(C)C)C(=O)[O-]. The summed E-state index contributed by atoms with van der Waals surface area (Å²) in [6.07, 6.45) is 48.2. The molecule has 0 saturated heterocycles. The van der Waals surface area contributed by atoms with Gasteiger partial charge < -0.3 is 33.3 Å². The molecule has 9 nitrogen and oxygen atoms in total. The molecule has 0 aromatic rings. The molecule has 9 heteroatoms. The minimum Gasteiger partial charge on any atom is -0.545 e. The highest BCUT2D eigenvalue weighted by atomic mass is 16.7. The van der Waals surface area contributed by atoms with Gasteiger partial charge in [-0.2, -0.15) is 0 Å². The Hall–Kier alpha value is -3.01. The van der Waals surface area contributed by atoms with Crippen LogP contribution in [0.1, 0.15) is 187 Å². The van der Waals surface area contributed by atoms with E-state index in [9.17, 15) is 19.5 Å². The number of carbonyl (C=O) groups is 3. The standard InChI is InChI=1S/C51H89NO8/c1-6-8-10-12-14-16-18-20-21-22-23-24-25-26-27-28-29-30-32-34-36-38-40-42-49(54)60-47(46-59-51(50(55)56)57-44-43-52(3,4)5)45-58-48(53)41-39-37-35-33-31-19-17-15-13-11-9-7-2/h8,10,14,16,20-21,23-24,26-27,47,51H,6-7,9,11-13,15,17-19,22,25,28-46H2,1-5H3/b10-8-,16-14-,21-20-,24-23-,27-26-. The number of ether oxygens (including phenoxy) is 4. The fourth-order valence-electron chi connectivity index (χ4n) is 6.33. The van der Waals surface area contributed by atoms with Gasteiger partial charge in [-0.15, -0.1) is 0 Å². The van der Waals surface area contributed by atoms with Gasteiger partial charge in [0.25, 0.3) is 0 Å². The molecule has 0 aromatic carbocycles. The zero-order chi connectivity index (χ0) is 44.2. The monoisotopic (exact) mass is 844 g/mol. The van der Waals surface area contributed by atoms with Crippen LogP contribution in [0, 0.1) is 0 Å². The van der Waals surface area contributed by atoms with E-state index in [0.29, 0.717) is 17.4 Å². The number of aliphatic carboxylic acids is 1. The molecule has 0 aliphatic heterocycles. The summed E-state index contributed by atoms with van der Waals surface area (Å²) in [6, 6.07) is 0. The lowest BCUT2D eigenvalue weighted by Crippen LogP contribution is -2.44. The van der Waals surface area contributed by atoms with Crippen molar-refractivity contribution in [2.75, 3.05) is 47.5 Å². The summed E-state index contributed by atoms with van der Waals surface area (Å²) in [6.45, 7) is 4.60. The lowest BCUT2D eigenvalue weighted by Gasteiger charge is -2.26. The van der Waals surface area contributed by atoms with E-state index in [2.05, 4.69) is 74.6 Å². The van der Waals surface area contributed by atoms with Crippen LogP contribution in [-0.4, -0.2) is 82.3 Å². The van der Waals surface area contributed by atoms with Crippen molar-refractivity contribution in [3.8, 4) is 0 Å². The predicted molar refractivity (Wildman–Crippen MR) is 246 cm³/mol. The van der Waals surface area contributed by atoms with Crippen molar-refractivity contribution in [3.63, 3.8) is 0 Å². The second-order valence-electron chi connectivity index (χ2n) is 17.0. The average Bonchev–Trinajstić information content (AvgIpc) is 3.21. The number of rotatable bonds is 43. The van der Waals surface area contributed by atoms with Gasteiger partial charge in [-0.3, -0.25) is 9.59 Å². The molecular formula is C51H89NO8. The number of allylic oxidation sites excluding steroid dienone is 10. The highest BCUT2D eigenvalue weighted by Crippen LogP contribution is 2.14. The van der Waals surface area contributed by atoms with E-state index in [0.717, 1.165) is 77.0 Å². The van der Waals surface area contributed by atoms with Gasteiger partial charge in [0, 0.05) is 12.8 Å². The van der Waals surface area contributed by atoms with Crippen LogP contribution >= 0.6 is 0 Å². The summed E-state index contributed by atoms with van der Waals surface area (Å²) in [5.74, 6) is -2.30. The fourth-order valence-corrected chi connectivity index (χ4v) is 6.33. The molecule has 0 aromatic heterocycles. The molecule has 0 N–H and O–H groups in total. The Morgan fingerprint density at radius 2 is 0.950 bits per heavy atom. The normalized spacial score (nSPS) is 13.4. The topological polar surface area (TPSA) is 111 Å². The quantitative estimate of drug-likeness (QED) is 0.0196. The number of esters is 2. The molecule has 2 atom stereocenters. The molecule has 0 rings (SSSR count). The summed E-state index contributed by atoms with van der Waals surface area (Å²) in [5, 5.41) is 11.7. The Kier molecular flexibility index (Phi) is 40.5. The van der Waals surface area contributed by atoms with Gasteiger partial charge >= 0.3 is 11.9 Å². The van der Waals surface area contributed by atoms with Gasteiger partial charge in [0.2, 0.25) is 0 Å². The molecule has 0 saturated carbocycles. The molecule has 0 heterocycles. The molecular weight excluding hydrogens is 755 g/mol. The predicted octanol–water partition coefficient (Wildman–Crippen LogP) is 11.6. The second-order valence-corrected chi connectivity index (χ2v) is 17.0. The van der Waals surface area contributed by atoms with Crippen molar-refractivity contribution in [1.82, 2.24) is 0 Å². The lowest BCUT2D eigenvalue weighted by atomic mass is 10.0. The molecule has 2 unspecified atom stereocenters. The van der Waals surface area contributed by atoms with Crippen LogP contribution in [0.4, 0.5) is 0 Å².